The highest BCUT2D eigenvalue weighted by Gasteiger charge is 2.08. The van der Waals surface area contributed by atoms with Gasteiger partial charge in [-0.15, -0.1) is 0 Å². The summed E-state index contributed by atoms with van der Waals surface area (Å²) >= 11 is 4.75. The molecule has 0 aliphatic rings. The summed E-state index contributed by atoms with van der Waals surface area (Å²) in [6, 6.07) is 0. The third-order valence-electron chi connectivity index (χ3n) is 1.48. The van der Waals surface area contributed by atoms with E-state index in [9.17, 15) is 4.79 Å². The summed E-state index contributed by atoms with van der Waals surface area (Å²) < 4.78 is 0.317. The van der Waals surface area contributed by atoms with Crippen molar-refractivity contribution in [2.24, 2.45) is 0 Å². The molecule has 0 bridgehead atoms. The summed E-state index contributed by atoms with van der Waals surface area (Å²) in [4.78, 5) is 17.0. The minimum absolute atomic E-state index is 0.186. The Bertz CT molecular complexity index is 359. The van der Waals surface area contributed by atoms with Gasteiger partial charge in [-0.3, -0.25) is 0 Å². The van der Waals surface area contributed by atoms with E-state index in [1.165, 1.54) is 6.20 Å². The van der Waals surface area contributed by atoms with Crippen LogP contribution in [0.5, 0.6) is 0 Å². The van der Waals surface area contributed by atoms with Gasteiger partial charge < -0.3 is 10.1 Å². The zero-order valence-corrected chi connectivity index (χ0v) is 7.31. The van der Waals surface area contributed by atoms with Gasteiger partial charge in [0, 0.05) is 11.9 Å². The van der Waals surface area contributed by atoms with E-state index in [-0.39, 0.29) is 5.56 Å². The number of carbonyl (C=O) groups is 1. The van der Waals surface area contributed by atoms with Gasteiger partial charge in [-0.25, -0.2) is 9.78 Å². The van der Waals surface area contributed by atoms with E-state index in [0.717, 1.165) is 0 Å². The van der Waals surface area contributed by atoms with Crippen LogP contribution in [0.3, 0.4) is 0 Å². The molecule has 1 aromatic heterocycles. The first-order chi connectivity index (χ1) is 5.65. The molecule has 0 fully saturated rings. The predicted molar refractivity (Wildman–Crippen MR) is 45.8 cm³/mol. The minimum atomic E-state index is -0.981. The molecule has 0 atom stereocenters. The second-order valence-corrected chi connectivity index (χ2v) is 2.63. The van der Waals surface area contributed by atoms with E-state index in [0.29, 0.717) is 16.9 Å². The van der Waals surface area contributed by atoms with Crippen molar-refractivity contribution < 1.29 is 9.90 Å². The van der Waals surface area contributed by atoms with Gasteiger partial charge in [-0.1, -0.05) is 6.92 Å². The standard InChI is InChI=1S/C7H8N2O2S/c1-2-5-4(6(10)11)3-8-7(12)9-5/h3H,2H2,1H3,(H,10,11)(H,8,9,12). The summed E-state index contributed by atoms with van der Waals surface area (Å²) in [6.45, 7) is 1.85. The Hall–Kier alpha value is -1.23. The van der Waals surface area contributed by atoms with E-state index < -0.39 is 5.97 Å². The Morgan fingerprint density at radius 3 is 3.00 bits per heavy atom. The molecule has 0 amide bonds. The normalized spacial score (nSPS) is 9.75. The fraction of sp³-hybridized carbons (Fsp3) is 0.286. The van der Waals surface area contributed by atoms with Crippen molar-refractivity contribution in [3.05, 3.63) is 22.2 Å². The van der Waals surface area contributed by atoms with Crippen LogP contribution >= 0.6 is 12.2 Å². The Labute approximate surface area is 74.3 Å². The summed E-state index contributed by atoms with van der Waals surface area (Å²) in [5.41, 5.74) is 0.800. The van der Waals surface area contributed by atoms with Gasteiger partial charge in [0.1, 0.15) is 0 Å². The van der Waals surface area contributed by atoms with Gasteiger partial charge in [0.15, 0.2) is 4.77 Å². The van der Waals surface area contributed by atoms with E-state index >= 15 is 0 Å². The van der Waals surface area contributed by atoms with Crippen LogP contribution in [0.15, 0.2) is 6.20 Å². The summed E-state index contributed by atoms with van der Waals surface area (Å²) in [5.74, 6) is -0.981. The number of carboxylic acid groups (broad SMARTS) is 1. The number of carboxylic acids is 1. The van der Waals surface area contributed by atoms with Gasteiger partial charge in [0.05, 0.1) is 5.56 Å². The Morgan fingerprint density at radius 2 is 2.50 bits per heavy atom. The summed E-state index contributed by atoms with van der Waals surface area (Å²) in [7, 11) is 0. The molecule has 4 nitrogen and oxygen atoms in total. The second-order valence-electron chi connectivity index (χ2n) is 2.24. The molecule has 1 rings (SSSR count). The lowest BCUT2D eigenvalue weighted by atomic mass is 10.2. The molecule has 2 N–H and O–H groups in total. The number of hydrogen-bond acceptors (Lipinski definition) is 3. The molecule has 1 aromatic rings. The lowest BCUT2D eigenvalue weighted by Gasteiger charge is -2.00. The fourth-order valence-corrected chi connectivity index (χ4v) is 1.07. The molecule has 0 unspecified atom stereocenters. The molecule has 0 aromatic carbocycles. The third-order valence-corrected chi connectivity index (χ3v) is 1.69. The molecular weight excluding hydrogens is 176 g/mol. The number of nitrogens with zero attached hydrogens (tertiary/aromatic N) is 1. The van der Waals surface area contributed by atoms with Gasteiger partial charge in [-0.2, -0.15) is 0 Å². The molecule has 0 saturated heterocycles. The number of aryl methyl sites for hydroxylation is 1. The summed E-state index contributed by atoms with van der Waals surface area (Å²) in [5, 5.41) is 8.69. The maximum Gasteiger partial charge on any atom is 0.339 e. The van der Waals surface area contributed by atoms with Crippen molar-refractivity contribution >= 4 is 18.2 Å². The molecule has 64 valence electrons. The lowest BCUT2D eigenvalue weighted by Crippen LogP contribution is -2.05. The SMILES string of the molecule is CCc1[nH]c(=S)ncc1C(=O)O. The number of aromatic nitrogens is 2. The van der Waals surface area contributed by atoms with E-state index in [1.807, 2.05) is 6.92 Å². The Balaban J connectivity index is 3.29. The number of rotatable bonds is 2. The average Bonchev–Trinajstić information content (AvgIpc) is 2.03. The number of H-pyrrole nitrogens is 1. The monoisotopic (exact) mass is 184 g/mol. The van der Waals surface area contributed by atoms with E-state index in [1.54, 1.807) is 0 Å². The molecule has 5 heteroatoms. The first-order valence-corrected chi connectivity index (χ1v) is 3.87. The maximum atomic E-state index is 10.6. The van der Waals surface area contributed by atoms with E-state index in [4.69, 9.17) is 17.3 Å². The number of hydrogen-bond donors (Lipinski definition) is 2. The van der Waals surface area contributed by atoms with Gasteiger partial charge in [-0.05, 0) is 18.6 Å². The molecule has 0 radical (unpaired) electrons. The largest absolute Gasteiger partial charge is 0.478 e. The predicted octanol–water partition coefficient (Wildman–Crippen LogP) is 1.40. The zero-order chi connectivity index (χ0) is 9.14. The average molecular weight is 184 g/mol. The number of aromatic carboxylic acids is 1. The van der Waals surface area contributed by atoms with Gasteiger partial charge >= 0.3 is 5.97 Å². The third kappa shape index (κ3) is 1.68. The lowest BCUT2D eigenvalue weighted by molar-refractivity contribution is 0.0694. The Kier molecular flexibility index (Phi) is 2.54. The van der Waals surface area contributed by atoms with E-state index in [2.05, 4.69) is 9.97 Å². The van der Waals surface area contributed by atoms with Crippen LogP contribution in [-0.2, 0) is 6.42 Å². The summed E-state index contributed by atoms with van der Waals surface area (Å²) in [6.07, 6.45) is 1.88. The molecule has 0 spiro atoms. The van der Waals surface area contributed by atoms with Crippen LogP contribution < -0.4 is 0 Å². The first kappa shape index (κ1) is 8.86. The zero-order valence-electron chi connectivity index (χ0n) is 6.50. The van der Waals surface area contributed by atoms with Crippen LogP contribution in [0.2, 0.25) is 0 Å². The van der Waals surface area contributed by atoms with Crippen LogP contribution in [0.4, 0.5) is 0 Å². The highest BCUT2D eigenvalue weighted by molar-refractivity contribution is 7.71. The highest BCUT2D eigenvalue weighted by atomic mass is 32.1. The van der Waals surface area contributed by atoms with Crippen LogP contribution in [-0.4, -0.2) is 21.0 Å². The molecule has 0 saturated carbocycles. The van der Waals surface area contributed by atoms with Crippen molar-refractivity contribution in [2.75, 3.05) is 0 Å². The van der Waals surface area contributed by atoms with Crippen molar-refractivity contribution in [3.8, 4) is 0 Å². The van der Waals surface area contributed by atoms with Crippen LogP contribution in [0.25, 0.3) is 0 Å². The smallest absolute Gasteiger partial charge is 0.339 e. The second kappa shape index (κ2) is 3.44. The van der Waals surface area contributed by atoms with Crippen molar-refractivity contribution in [3.63, 3.8) is 0 Å². The van der Waals surface area contributed by atoms with Crippen LogP contribution in [0, 0.1) is 4.77 Å². The van der Waals surface area contributed by atoms with Crippen molar-refractivity contribution in [1.82, 2.24) is 9.97 Å². The minimum Gasteiger partial charge on any atom is -0.478 e. The molecular formula is C7H8N2O2S. The molecule has 1 heterocycles. The van der Waals surface area contributed by atoms with Crippen molar-refractivity contribution in [1.29, 1.82) is 0 Å². The molecule has 0 aliphatic carbocycles. The highest BCUT2D eigenvalue weighted by Crippen LogP contribution is 2.04. The maximum absolute atomic E-state index is 10.6. The Morgan fingerprint density at radius 1 is 1.83 bits per heavy atom. The first-order valence-electron chi connectivity index (χ1n) is 3.46. The topological polar surface area (TPSA) is 66.0 Å². The quantitative estimate of drug-likeness (QED) is 0.682. The van der Waals surface area contributed by atoms with Crippen molar-refractivity contribution in [2.45, 2.75) is 13.3 Å². The van der Waals surface area contributed by atoms with Gasteiger partial charge in [0.25, 0.3) is 0 Å². The van der Waals surface area contributed by atoms with Crippen LogP contribution in [0.1, 0.15) is 23.0 Å². The molecule has 0 aliphatic heterocycles. The molecule has 12 heavy (non-hydrogen) atoms. The number of aromatic amines is 1. The number of nitrogens with one attached hydrogen (secondary N) is 1. The van der Waals surface area contributed by atoms with Gasteiger partial charge in [0.2, 0.25) is 0 Å². The fourth-order valence-electron chi connectivity index (χ4n) is 0.893.